The van der Waals surface area contributed by atoms with Crippen LogP contribution < -0.4 is 0 Å². The van der Waals surface area contributed by atoms with Gasteiger partial charge in [-0.3, -0.25) is 5.10 Å². The maximum atomic E-state index is 12.5. The molecule has 106 valence electrons. The zero-order chi connectivity index (χ0) is 13.5. The lowest BCUT2D eigenvalue weighted by Gasteiger charge is -2.21. The van der Waals surface area contributed by atoms with Crippen LogP contribution in [-0.2, 0) is 10.0 Å². The van der Waals surface area contributed by atoms with E-state index in [1.54, 1.807) is 4.31 Å². The lowest BCUT2D eigenvalue weighted by Crippen LogP contribution is -2.36. The van der Waals surface area contributed by atoms with E-state index < -0.39 is 10.0 Å². The predicted octanol–water partition coefficient (Wildman–Crippen LogP) is 1.78. The highest BCUT2D eigenvalue weighted by molar-refractivity contribution is 7.89. The number of hydrogen-bond donors (Lipinski definition) is 1. The molecule has 5 nitrogen and oxygen atoms in total. The topological polar surface area (TPSA) is 66.1 Å². The molecular formula is C13H21N3O2S. The smallest absolute Gasteiger partial charge is 0.217 e. The Balaban J connectivity index is 1.74. The van der Waals surface area contributed by atoms with E-state index in [-0.39, 0.29) is 11.2 Å². The predicted molar refractivity (Wildman–Crippen MR) is 73.4 cm³/mol. The molecule has 0 radical (unpaired) electrons. The largest absolute Gasteiger partial charge is 0.282 e. The molecule has 0 spiro atoms. The van der Waals surface area contributed by atoms with Crippen molar-refractivity contribution < 1.29 is 8.42 Å². The van der Waals surface area contributed by atoms with Gasteiger partial charge in [-0.1, -0.05) is 12.8 Å². The Morgan fingerprint density at radius 3 is 2.68 bits per heavy atom. The summed E-state index contributed by atoms with van der Waals surface area (Å²) in [5, 5.41) is 6.92. The fourth-order valence-electron chi connectivity index (χ4n) is 3.36. The molecule has 3 rings (SSSR count). The van der Waals surface area contributed by atoms with Crippen molar-refractivity contribution in [2.45, 2.75) is 50.2 Å². The summed E-state index contributed by atoms with van der Waals surface area (Å²) in [7, 11) is -3.08. The second-order valence-electron chi connectivity index (χ2n) is 5.76. The van der Waals surface area contributed by atoms with Gasteiger partial charge in [-0.25, -0.2) is 12.7 Å². The van der Waals surface area contributed by atoms with Gasteiger partial charge >= 0.3 is 0 Å². The first-order valence-corrected chi connectivity index (χ1v) is 8.58. The molecule has 1 aromatic heterocycles. The second-order valence-corrected chi connectivity index (χ2v) is 7.97. The van der Waals surface area contributed by atoms with Gasteiger partial charge in [0.25, 0.3) is 0 Å². The van der Waals surface area contributed by atoms with Gasteiger partial charge < -0.3 is 0 Å². The first-order chi connectivity index (χ1) is 9.09. The molecule has 1 aliphatic carbocycles. The van der Waals surface area contributed by atoms with Crippen molar-refractivity contribution in [3.8, 4) is 0 Å². The maximum absolute atomic E-state index is 12.5. The van der Waals surface area contributed by atoms with Crippen LogP contribution in [0.1, 0.15) is 49.3 Å². The van der Waals surface area contributed by atoms with Crippen molar-refractivity contribution >= 4 is 10.0 Å². The molecule has 2 fully saturated rings. The number of nitrogens with one attached hydrogen (secondary N) is 1. The molecule has 19 heavy (non-hydrogen) atoms. The van der Waals surface area contributed by atoms with E-state index in [0.29, 0.717) is 13.1 Å². The van der Waals surface area contributed by atoms with Crippen molar-refractivity contribution in [2.75, 3.05) is 13.1 Å². The molecule has 1 unspecified atom stereocenters. The third-order valence-corrected chi connectivity index (χ3v) is 6.88. The maximum Gasteiger partial charge on any atom is 0.217 e. The molecule has 2 heterocycles. The van der Waals surface area contributed by atoms with Crippen molar-refractivity contribution in [2.24, 2.45) is 0 Å². The van der Waals surface area contributed by atoms with Gasteiger partial charge in [0.15, 0.2) is 0 Å². The third kappa shape index (κ3) is 2.31. The first-order valence-electron chi connectivity index (χ1n) is 7.08. The van der Waals surface area contributed by atoms with Crippen LogP contribution in [0.4, 0.5) is 0 Å². The van der Waals surface area contributed by atoms with Gasteiger partial charge in [0.05, 0.1) is 11.4 Å². The highest BCUT2D eigenvalue weighted by Crippen LogP contribution is 2.33. The quantitative estimate of drug-likeness (QED) is 0.919. The number of nitrogens with zero attached hydrogens (tertiary/aromatic N) is 2. The van der Waals surface area contributed by atoms with Gasteiger partial charge in [-0.2, -0.15) is 5.10 Å². The van der Waals surface area contributed by atoms with Crippen LogP contribution in [0.3, 0.4) is 0 Å². The van der Waals surface area contributed by atoms with Crippen LogP contribution in [0.25, 0.3) is 0 Å². The van der Waals surface area contributed by atoms with E-state index in [1.807, 2.05) is 13.1 Å². The molecule has 0 aromatic carbocycles. The molecule has 1 atom stereocenters. The third-order valence-electron chi connectivity index (χ3n) is 4.51. The monoisotopic (exact) mass is 283 g/mol. The Kier molecular flexibility index (Phi) is 3.39. The van der Waals surface area contributed by atoms with Crippen molar-refractivity contribution in [1.82, 2.24) is 14.5 Å². The lowest BCUT2D eigenvalue weighted by molar-refractivity contribution is 0.459. The average molecular weight is 283 g/mol. The van der Waals surface area contributed by atoms with Gasteiger partial charge in [-0.15, -0.1) is 0 Å². The van der Waals surface area contributed by atoms with Gasteiger partial charge in [0, 0.05) is 24.7 Å². The molecule has 1 aromatic rings. The zero-order valence-corrected chi connectivity index (χ0v) is 12.1. The molecule has 1 N–H and O–H groups in total. The summed E-state index contributed by atoms with van der Waals surface area (Å²) in [5.41, 5.74) is 2.23. The molecule has 0 amide bonds. The van der Waals surface area contributed by atoms with Crippen LogP contribution in [0.15, 0.2) is 6.20 Å². The number of sulfonamides is 1. The SMILES string of the molecule is Cc1cn[nH]c1C1CCN(S(=O)(=O)C2CCCC2)C1. The van der Waals surface area contributed by atoms with E-state index >= 15 is 0 Å². The summed E-state index contributed by atoms with van der Waals surface area (Å²) in [6, 6.07) is 0. The van der Waals surface area contributed by atoms with Crippen molar-refractivity contribution in [3.63, 3.8) is 0 Å². The summed E-state index contributed by atoms with van der Waals surface area (Å²) < 4.78 is 26.8. The Morgan fingerprint density at radius 1 is 1.32 bits per heavy atom. The highest BCUT2D eigenvalue weighted by atomic mass is 32.2. The van der Waals surface area contributed by atoms with Crippen LogP contribution >= 0.6 is 0 Å². The minimum absolute atomic E-state index is 0.130. The zero-order valence-electron chi connectivity index (χ0n) is 11.3. The Hall–Kier alpha value is -0.880. The minimum atomic E-state index is -3.08. The summed E-state index contributed by atoms with van der Waals surface area (Å²) in [5.74, 6) is 0.277. The molecule has 1 aliphatic heterocycles. The minimum Gasteiger partial charge on any atom is -0.282 e. The number of rotatable bonds is 3. The Morgan fingerprint density at radius 2 is 2.05 bits per heavy atom. The Bertz CT molecular complexity index is 546. The van der Waals surface area contributed by atoms with Crippen molar-refractivity contribution in [1.29, 1.82) is 0 Å². The fourth-order valence-corrected chi connectivity index (χ4v) is 5.46. The van der Waals surface area contributed by atoms with Crippen molar-refractivity contribution in [3.05, 3.63) is 17.5 Å². The first kappa shape index (κ1) is 13.1. The summed E-state index contributed by atoms with van der Waals surface area (Å²) in [6.45, 7) is 3.29. The summed E-state index contributed by atoms with van der Waals surface area (Å²) >= 11 is 0. The van der Waals surface area contributed by atoms with E-state index in [2.05, 4.69) is 10.2 Å². The van der Waals surface area contributed by atoms with E-state index in [1.165, 1.54) is 0 Å². The Labute approximate surface area is 114 Å². The normalized spacial score (nSPS) is 26.3. The summed E-state index contributed by atoms with van der Waals surface area (Å²) in [4.78, 5) is 0. The standard InChI is InChI=1S/C13H21N3O2S/c1-10-8-14-15-13(10)11-6-7-16(9-11)19(17,18)12-4-2-3-5-12/h8,11-12H,2-7,9H2,1H3,(H,14,15). The summed E-state index contributed by atoms with van der Waals surface area (Å²) in [6.07, 6.45) is 6.50. The van der Waals surface area contributed by atoms with Crippen LogP contribution in [0, 0.1) is 6.92 Å². The molecule has 2 aliphatic rings. The molecule has 6 heteroatoms. The molecule has 1 saturated carbocycles. The van der Waals surface area contributed by atoms with E-state index in [0.717, 1.165) is 43.4 Å². The average Bonchev–Trinajstić information content (AvgIpc) is 3.10. The van der Waals surface area contributed by atoms with Gasteiger partial charge in [0.1, 0.15) is 0 Å². The number of aryl methyl sites for hydroxylation is 1. The van der Waals surface area contributed by atoms with Crippen LogP contribution in [-0.4, -0.2) is 41.3 Å². The number of aromatic amines is 1. The highest BCUT2D eigenvalue weighted by Gasteiger charge is 2.39. The van der Waals surface area contributed by atoms with Gasteiger partial charge in [-0.05, 0) is 31.7 Å². The molecular weight excluding hydrogens is 262 g/mol. The van der Waals surface area contributed by atoms with Crippen LogP contribution in [0.5, 0.6) is 0 Å². The van der Waals surface area contributed by atoms with Crippen LogP contribution in [0.2, 0.25) is 0 Å². The lowest BCUT2D eigenvalue weighted by atomic mass is 10.0. The number of H-pyrrole nitrogens is 1. The molecule has 0 bridgehead atoms. The van der Waals surface area contributed by atoms with E-state index in [9.17, 15) is 8.42 Å². The van der Waals surface area contributed by atoms with E-state index in [4.69, 9.17) is 0 Å². The number of hydrogen-bond acceptors (Lipinski definition) is 3. The van der Waals surface area contributed by atoms with Gasteiger partial charge in [0.2, 0.25) is 10.0 Å². The second kappa shape index (κ2) is 4.90. The fraction of sp³-hybridized carbons (Fsp3) is 0.769. The molecule has 1 saturated heterocycles. The number of aromatic nitrogens is 2.